The van der Waals surface area contributed by atoms with Crippen LogP contribution in [-0.4, -0.2) is 50.0 Å². The average molecular weight is 288 g/mol. The molecule has 1 aliphatic heterocycles. The Labute approximate surface area is 121 Å². The number of hydrogen-bond donors (Lipinski definition) is 1. The van der Waals surface area contributed by atoms with Crippen molar-refractivity contribution in [2.75, 3.05) is 13.1 Å². The number of benzene rings is 1. The lowest BCUT2D eigenvalue weighted by atomic mass is 10.1. The summed E-state index contributed by atoms with van der Waals surface area (Å²) in [4.78, 5) is 25.1. The number of likely N-dealkylation sites (tertiary alicyclic amines) is 1. The fourth-order valence-electron chi connectivity index (χ4n) is 2.59. The monoisotopic (exact) mass is 288 g/mol. The van der Waals surface area contributed by atoms with E-state index >= 15 is 0 Å². The predicted octanol–water partition coefficient (Wildman–Crippen LogP) is 1.14. The van der Waals surface area contributed by atoms with Crippen LogP contribution in [0.5, 0.6) is 0 Å². The van der Waals surface area contributed by atoms with E-state index in [2.05, 4.69) is 10.3 Å². The molecule has 0 bridgehead atoms. The number of amides is 1. The summed E-state index contributed by atoms with van der Waals surface area (Å²) in [6, 6.07) is 4.59. The van der Waals surface area contributed by atoms with Crippen LogP contribution in [0.1, 0.15) is 29.6 Å². The minimum absolute atomic E-state index is 0.00206. The Bertz CT molecular complexity index is 689. The van der Waals surface area contributed by atoms with Crippen LogP contribution in [0, 0.1) is 0 Å². The number of fused-ring (bicyclic) bond motifs is 1. The van der Waals surface area contributed by atoms with Gasteiger partial charge in [-0.2, -0.15) is 0 Å². The Morgan fingerprint density at radius 3 is 2.67 bits per heavy atom. The highest BCUT2D eigenvalue weighted by Gasteiger charge is 2.18. The van der Waals surface area contributed by atoms with Crippen LogP contribution >= 0.6 is 0 Å². The van der Waals surface area contributed by atoms with Gasteiger partial charge in [0.15, 0.2) is 0 Å². The maximum Gasteiger partial charge on any atom is 0.335 e. The topological polar surface area (TPSA) is 88.3 Å². The number of piperidine rings is 1. The summed E-state index contributed by atoms with van der Waals surface area (Å²) < 4.78 is 1.47. The number of aromatic carboxylic acids is 1. The van der Waals surface area contributed by atoms with Gasteiger partial charge >= 0.3 is 5.97 Å². The maximum absolute atomic E-state index is 12.2. The largest absolute Gasteiger partial charge is 0.478 e. The third-order valence-electron chi connectivity index (χ3n) is 3.75. The zero-order valence-corrected chi connectivity index (χ0v) is 11.5. The van der Waals surface area contributed by atoms with E-state index in [1.807, 2.05) is 4.90 Å². The molecule has 1 fully saturated rings. The molecule has 2 heterocycles. The van der Waals surface area contributed by atoms with Gasteiger partial charge in [-0.05, 0) is 37.5 Å². The molecule has 110 valence electrons. The molecular weight excluding hydrogens is 272 g/mol. The normalized spacial score (nSPS) is 15.3. The summed E-state index contributed by atoms with van der Waals surface area (Å²) in [5.41, 5.74) is 1.32. The zero-order chi connectivity index (χ0) is 14.8. The smallest absolute Gasteiger partial charge is 0.335 e. The number of hydrogen-bond acceptors (Lipinski definition) is 4. The molecule has 7 nitrogen and oxygen atoms in total. The van der Waals surface area contributed by atoms with Crippen LogP contribution in [0.3, 0.4) is 0 Å². The van der Waals surface area contributed by atoms with Crippen LogP contribution in [0.15, 0.2) is 18.2 Å². The first-order valence-corrected chi connectivity index (χ1v) is 6.99. The maximum atomic E-state index is 12.2. The summed E-state index contributed by atoms with van der Waals surface area (Å²) in [5.74, 6) is -1.01. The summed E-state index contributed by atoms with van der Waals surface area (Å²) in [5, 5.41) is 17.0. The van der Waals surface area contributed by atoms with Gasteiger partial charge in [-0.25, -0.2) is 9.48 Å². The average Bonchev–Trinajstić information content (AvgIpc) is 2.90. The highest BCUT2D eigenvalue weighted by Crippen LogP contribution is 2.15. The number of aromatic nitrogens is 3. The third-order valence-corrected chi connectivity index (χ3v) is 3.75. The van der Waals surface area contributed by atoms with Crippen LogP contribution in [0.2, 0.25) is 0 Å². The van der Waals surface area contributed by atoms with Crippen molar-refractivity contribution in [3.8, 4) is 0 Å². The minimum atomic E-state index is -1.01. The highest BCUT2D eigenvalue weighted by molar-refractivity contribution is 5.92. The summed E-state index contributed by atoms with van der Waals surface area (Å²) in [7, 11) is 0. The molecule has 0 atom stereocenters. The van der Waals surface area contributed by atoms with Gasteiger partial charge in [0.2, 0.25) is 5.91 Å². The Balaban J connectivity index is 1.84. The quantitative estimate of drug-likeness (QED) is 0.915. The van der Waals surface area contributed by atoms with Gasteiger partial charge < -0.3 is 10.0 Å². The molecule has 0 unspecified atom stereocenters. The summed E-state index contributed by atoms with van der Waals surface area (Å²) in [6.07, 6.45) is 3.23. The number of carbonyl (C=O) groups excluding carboxylic acids is 1. The lowest BCUT2D eigenvalue weighted by Gasteiger charge is -2.26. The number of carboxylic acids is 1. The Hall–Kier alpha value is -2.44. The molecular formula is C14H16N4O3. The van der Waals surface area contributed by atoms with Crippen molar-refractivity contribution in [3.63, 3.8) is 0 Å². The number of carboxylic acid groups (broad SMARTS) is 1. The van der Waals surface area contributed by atoms with Crippen molar-refractivity contribution < 1.29 is 14.7 Å². The lowest BCUT2D eigenvalue weighted by molar-refractivity contribution is -0.132. The molecule has 0 radical (unpaired) electrons. The SMILES string of the molecule is O=C(O)c1ccc2nnn(CC(=O)N3CCCCC3)c2c1. The molecule has 1 aliphatic rings. The molecule has 21 heavy (non-hydrogen) atoms. The van der Waals surface area contributed by atoms with Crippen molar-refractivity contribution in [2.45, 2.75) is 25.8 Å². The van der Waals surface area contributed by atoms with E-state index in [0.29, 0.717) is 11.0 Å². The predicted molar refractivity (Wildman–Crippen MR) is 74.9 cm³/mol. The van der Waals surface area contributed by atoms with Gasteiger partial charge in [0.05, 0.1) is 11.1 Å². The number of carbonyl (C=O) groups is 2. The highest BCUT2D eigenvalue weighted by atomic mass is 16.4. The van der Waals surface area contributed by atoms with Gasteiger partial charge in [0, 0.05) is 13.1 Å². The molecule has 1 saturated heterocycles. The molecule has 7 heteroatoms. The third kappa shape index (κ3) is 2.72. The fourth-order valence-corrected chi connectivity index (χ4v) is 2.59. The van der Waals surface area contributed by atoms with Crippen molar-refractivity contribution in [3.05, 3.63) is 23.8 Å². The second-order valence-electron chi connectivity index (χ2n) is 5.20. The molecule has 3 rings (SSSR count). The standard InChI is InChI=1S/C14H16N4O3/c19-13(17-6-2-1-3-7-17)9-18-12-8-10(14(20)21)4-5-11(12)15-16-18/h4-5,8H,1-3,6-7,9H2,(H,20,21). The van der Waals surface area contributed by atoms with Gasteiger partial charge in [-0.1, -0.05) is 5.21 Å². The van der Waals surface area contributed by atoms with Gasteiger partial charge in [0.1, 0.15) is 12.1 Å². The van der Waals surface area contributed by atoms with E-state index in [1.165, 1.54) is 16.8 Å². The van der Waals surface area contributed by atoms with Crippen LogP contribution < -0.4 is 0 Å². The molecule has 1 aromatic carbocycles. The van der Waals surface area contributed by atoms with Gasteiger partial charge in [0.25, 0.3) is 0 Å². The van der Waals surface area contributed by atoms with Crippen molar-refractivity contribution in [1.82, 2.24) is 19.9 Å². The molecule has 1 amide bonds. The Morgan fingerprint density at radius 2 is 1.95 bits per heavy atom. The first kappa shape index (κ1) is 13.5. The summed E-state index contributed by atoms with van der Waals surface area (Å²) in [6.45, 7) is 1.66. The van der Waals surface area contributed by atoms with Crippen LogP contribution in [0.4, 0.5) is 0 Å². The summed E-state index contributed by atoms with van der Waals surface area (Å²) >= 11 is 0. The molecule has 1 aromatic heterocycles. The molecule has 0 spiro atoms. The fraction of sp³-hybridized carbons (Fsp3) is 0.429. The van der Waals surface area contributed by atoms with Crippen LogP contribution in [0.25, 0.3) is 11.0 Å². The minimum Gasteiger partial charge on any atom is -0.478 e. The number of nitrogens with zero attached hydrogens (tertiary/aromatic N) is 4. The second kappa shape index (κ2) is 5.51. The molecule has 0 saturated carbocycles. The first-order valence-electron chi connectivity index (χ1n) is 6.99. The first-order chi connectivity index (χ1) is 10.1. The van der Waals surface area contributed by atoms with Crippen molar-refractivity contribution in [1.29, 1.82) is 0 Å². The molecule has 1 N–H and O–H groups in total. The second-order valence-corrected chi connectivity index (χ2v) is 5.20. The van der Waals surface area contributed by atoms with E-state index in [4.69, 9.17) is 5.11 Å². The molecule has 2 aromatic rings. The zero-order valence-electron chi connectivity index (χ0n) is 11.5. The van der Waals surface area contributed by atoms with E-state index < -0.39 is 5.97 Å². The van der Waals surface area contributed by atoms with E-state index in [-0.39, 0.29) is 18.0 Å². The van der Waals surface area contributed by atoms with Crippen LogP contribution in [-0.2, 0) is 11.3 Å². The lowest BCUT2D eigenvalue weighted by Crippen LogP contribution is -2.37. The van der Waals surface area contributed by atoms with Gasteiger partial charge in [-0.3, -0.25) is 4.79 Å². The Morgan fingerprint density at radius 1 is 1.19 bits per heavy atom. The number of rotatable bonds is 3. The van der Waals surface area contributed by atoms with Gasteiger partial charge in [-0.15, -0.1) is 5.10 Å². The Kier molecular flexibility index (Phi) is 3.55. The van der Waals surface area contributed by atoms with E-state index in [9.17, 15) is 9.59 Å². The molecule has 0 aliphatic carbocycles. The van der Waals surface area contributed by atoms with E-state index in [0.717, 1.165) is 32.4 Å². The van der Waals surface area contributed by atoms with E-state index in [1.54, 1.807) is 6.07 Å². The van der Waals surface area contributed by atoms with Crippen molar-refractivity contribution in [2.24, 2.45) is 0 Å². The van der Waals surface area contributed by atoms with Crippen molar-refractivity contribution >= 4 is 22.9 Å².